The highest BCUT2D eigenvalue weighted by Crippen LogP contribution is 2.30. The molecule has 1 amide bonds. The molecule has 1 atom stereocenters. The molecule has 4 nitrogen and oxygen atoms in total. The van der Waals surface area contributed by atoms with Crippen LogP contribution in [-0.4, -0.2) is 35.0 Å². The minimum atomic E-state index is -0.830. The highest BCUT2D eigenvalue weighted by Gasteiger charge is 2.29. The van der Waals surface area contributed by atoms with Crippen LogP contribution in [0.3, 0.4) is 0 Å². The van der Waals surface area contributed by atoms with Gasteiger partial charge in [-0.3, -0.25) is 9.59 Å². The van der Waals surface area contributed by atoms with Gasteiger partial charge in [0.15, 0.2) is 0 Å². The van der Waals surface area contributed by atoms with E-state index in [1.807, 2.05) is 48.5 Å². The summed E-state index contributed by atoms with van der Waals surface area (Å²) >= 11 is 7.78. The van der Waals surface area contributed by atoms with Gasteiger partial charge in [0.1, 0.15) is 0 Å². The number of carboxylic acid groups (broad SMARTS) is 1. The third kappa shape index (κ3) is 4.40. The summed E-state index contributed by atoms with van der Waals surface area (Å²) in [4.78, 5) is 26.8. The smallest absolute Gasteiger partial charge is 0.308 e. The third-order valence-electron chi connectivity index (χ3n) is 4.52. The molecular formula is C20H20ClNO3S. The van der Waals surface area contributed by atoms with E-state index in [4.69, 9.17) is 11.6 Å². The molecule has 0 saturated carbocycles. The van der Waals surface area contributed by atoms with E-state index in [2.05, 4.69) is 0 Å². The highest BCUT2D eigenvalue weighted by molar-refractivity contribution is 7.98. The van der Waals surface area contributed by atoms with E-state index in [1.165, 1.54) is 0 Å². The summed E-state index contributed by atoms with van der Waals surface area (Å²) < 4.78 is 0. The van der Waals surface area contributed by atoms with Gasteiger partial charge in [0.05, 0.1) is 11.5 Å². The number of carboxylic acids is 1. The molecule has 1 fully saturated rings. The zero-order chi connectivity index (χ0) is 18.5. The number of carbonyl (C=O) groups is 2. The van der Waals surface area contributed by atoms with E-state index in [0.29, 0.717) is 29.3 Å². The van der Waals surface area contributed by atoms with Crippen LogP contribution < -0.4 is 0 Å². The Kier molecular flexibility index (Phi) is 6.22. The van der Waals surface area contributed by atoms with E-state index in [1.54, 1.807) is 16.7 Å². The number of nitrogens with zero attached hydrogens (tertiary/aromatic N) is 1. The molecule has 3 rings (SSSR count). The first-order chi connectivity index (χ1) is 12.6. The van der Waals surface area contributed by atoms with Crippen molar-refractivity contribution in [1.82, 2.24) is 4.90 Å². The maximum Gasteiger partial charge on any atom is 0.308 e. The predicted octanol–water partition coefficient (Wildman–Crippen LogP) is 4.57. The second-order valence-electron chi connectivity index (χ2n) is 6.30. The molecule has 0 spiro atoms. The number of benzene rings is 2. The summed E-state index contributed by atoms with van der Waals surface area (Å²) in [5.74, 6) is -0.737. The van der Waals surface area contributed by atoms with Crippen molar-refractivity contribution in [2.24, 2.45) is 5.92 Å². The molecule has 1 aliphatic heterocycles. The minimum Gasteiger partial charge on any atom is -0.481 e. The van der Waals surface area contributed by atoms with Crippen LogP contribution in [0.1, 0.15) is 28.8 Å². The highest BCUT2D eigenvalue weighted by atomic mass is 35.5. The van der Waals surface area contributed by atoms with Gasteiger partial charge in [-0.1, -0.05) is 41.9 Å². The summed E-state index contributed by atoms with van der Waals surface area (Å²) in [5.41, 5.74) is 1.64. The Morgan fingerprint density at radius 2 is 1.88 bits per heavy atom. The van der Waals surface area contributed by atoms with Gasteiger partial charge in [-0.05, 0) is 36.6 Å². The van der Waals surface area contributed by atoms with Crippen LogP contribution in [-0.2, 0) is 10.5 Å². The van der Waals surface area contributed by atoms with Crippen molar-refractivity contribution < 1.29 is 14.7 Å². The van der Waals surface area contributed by atoms with E-state index in [9.17, 15) is 14.7 Å². The second-order valence-corrected chi connectivity index (χ2v) is 7.73. The van der Waals surface area contributed by atoms with Crippen molar-refractivity contribution in [2.75, 3.05) is 13.1 Å². The molecule has 0 unspecified atom stereocenters. The number of rotatable bonds is 5. The third-order valence-corrected chi connectivity index (χ3v) is 6.01. The molecule has 26 heavy (non-hydrogen) atoms. The maximum atomic E-state index is 13.0. The molecule has 136 valence electrons. The largest absolute Gasteiger partial charge is 0.481 e. The van der Waals surface area contributed by atoms with Crippen molar-refractivity contribution in [1.29, 1.82) is 0 Å². The summed E-state index contributed by atoms with van der Waals surface area (Å²) in [5, 5.41) is 9.96. The second kappa shape index (κ2) is 8.60. The summed E-state index contributed by atoms with van der Waals surface area (Å²) in [7, 11) is 0. The topological polar surface area (TPSA) is 57.6 Å². The van der Waals surface area contributed by atoms with Crippen LogP contribution in [0.25, 0.3) is 0 Å². The van der Waals surface area contributed by atoms with Crippen LogP contribution >= 0.6 is 23.4 Å². The van der Waals surface area contributed by atoms with Gasteiger partial charge in [-0.25, -0.2) is 0 Å². The van der Waals surface area contributed by atoms with Gasteiger partial charge in [0.2, 0.25) is 0 Å². The maximum absolute atomic E-state index is 13.0. The molecule has 1 N–H and O–H groups in total. The molecular weight excluding hydrogens is 370 g/mol. The van der Waals surface area contributed by atoms with Crippen LogP contribution in [0, 0.1) is 5.92 Å². The number of amides is 1. The molecule has 0 aliphatic carbocycles. The number of hydrogen-bond acceptors (Lipinski definition) is 3. The average molecular weight is 390 g/mol. The zero-order valence-corrected chi connectivity index (χ0v) is 15.8. The minimum absolute atomic E-state index is 0.0989. The molecule has 1 saturated heterocycles. The van der Waals surface area contributed by atoms with Crippen LogP contribution in [0.15, 0.2) is 53.4 Å². The number of thioether (sulfide) groups is 1. The fourth-order valence-electron chi connectivity index (χ4n) is 3.07. The molecule has 0 bridgehead atoms. The number of carbonyl (C=O) groups excluding carboxylic acids is 1. The standard InChI is InChI=1S/C20H20ClNO3S/c21-17-9-3-1-6-15(17)13-26-18-10-4-2-8-16(18)19(23)22-11-5-7-14(12-22)20(24)25/h1-4,6,8-10,14H,5,7,11-13H2,(H,24,25)/t14-/m1/s1. The van der Waals surface area contributed by atoms with Gasteiger partial charge in [-0.15, -0.1) is 11.8 Å². The molecule has 1 aliphatic rings. The lowest BCUT2D eigenvalue weighted by Crippen LogP contribution is -2.42. The Balaban J connectivity index is 1.75. The first kappa shape index (κ1) is 18.8. The lowest BCUT2D eigenvalue weighted by Gasteiger charge is -2.31. The molecule has 6 heteroatoms. The van der Waals surface area contributed by atoms with Gasteiger partial charge in [0, 0.05) is 28.8 Å². The Labute approximate surface area is 162 Å². The number of piperidine rings is 1. The SMILES string of the molecule is O=C(O)[C@@H]1CCCN(C(=O)c2ccccc2SCc2ccccc2Cl)C1. The van der Waals surface area contributed by atoms with Crippen LogP contribution in [0.5, 0.6) is 0 Å². The van der Waals surface area contributed by atoms with Crippen LogP contribution in [0.4, 0.5) is 0 Å². The fourth-order valence-corrected chi connectivity index (χ4v) is 4.40. The monoisotopic (exact) mass is 389 g/mol. The van der Waals surface area contributed by atoms with Crippen LogP contribution in [0.2, 0.25) is 5.02 Å². The number of likely N-dealkylation sites (tertiary alicyclic amines) is 1. The lowest BCUT2D eigenvalue weighted by atomic mass is 9.97. The first-order valence-electron chi connectivity index (χ1n) is 8.53. The van der Waals surface area contributed by atoms with Crippen molar-refractivity contribution in [3.05, 3.63) is 64.7 Å². The summed E-state index contributed by atoms with van der Waals surface area (Å²) in [6.45, 7) is 0.879. The van der Waals surface area contributed by atoms with Crippen molar-refractivity contribution >= 4 is 35.2 Å². The van der Waals surface area contributed by atoms with E-state index in [0.717, 1.165) is 16.9 Å². The van der Waals surface area contributed by atoms with Crippen molar-refractivity contribution in [3.63, 3.8) is 0 Å². The lowest BCUT2D eigenvalue weighted by molar-refractivity contribution is -0.143. The first-order valence-corrected chi connectivity index (χ1v) is 9.90. The average Bonchev–Trinajstić information content (AvgIpc) is 2.67. The Hall–Kier alpha value is -1.98. The van der Waals surface area contributed by atoms with Crippen molar-refractivity contribution in [3.8, 4) is 0 Å². The van der Waals surface area contributed by atoms with E-state index < -0.39 is 11.9 Å². The van der Waals surface area contributed by atoms with E-state index >= 15 is 0 Å². The number of halogens is 1. The number of hydrogen-bond donors (Lipinski definition) is 1. The Morgan fingerprint density at radius 1 is 1.15 bits per heavy atom. The quantitative estimate of drug-likeness (QED) is 0.761. The zero-order valence-electron chi connectivity index (χ0n) is 14.2. The normalized spacial score (nSPS) is 17.1. The van der Waals surface area contributed by atoms with Gasteiger partial charge < -0.3 is 10.0 Å². The number of aliphatic carboxylic acids is 1. The van der Waals surface area contributed by atoms with Gasteiger partial charge in [-0.2, -0.15) is 0 Å². The fraction of sp³-hybridized carbons (Fsp3) is 0.300. The molecule has 0 aromatic heterocycles. The van der Waals surface area contributed by atoms with Gasteiger partial charge >= 0.3 is 5.97 Å². The Morgan fingerprint density at radius 3 is 2.65 bits per heavy atom. The Bertz CT molecular complexity index is 811. The predicted molar refractivity (Wildman–Crippen MR) is 104 cm³/mol. The molecule has 2 aromatic carbocycles. The van der Waals surface area contributed by atoms with Gasteiger partial charge in [0.25, 0.3) is 5.91 Å². The summed E-state index contributed by atoms with van der Waals surface area (Å²) in [6.07, 6.45) is 1.35. The van der Waals surface area contributed by atoms with Crippen molar-refractivity contribution in [2.45, 2.75) is 23.5 Å². The molecule has 1 heterocycles. The summed E-state index contributed by atoms with van der Waals surface area (Å²) in [6, 6.07) is 15.1. The molecule has 2 aromatic rings. The molecule has 0 radical (unpaired) electrons. The van der Waals surface area contributed by atoms with E-state index in [-0.39, 0.29) is 12.5 Å².